The van der Waals surface area contributed by atoms with E-state index in [4.69, 9.17) is 0 Å². The number of para-hydroxylation sites is 1. The predicted octanol–water partition coefficient (Wildman–Crippen LogP) is 2.37. The third kappa shape index (κ3) is 2.68. The number of aromatic nitrogens is 2. The highest BCUT2D eigenvalue weighted by Crippen LogP contribution is 2.31. The molecule has 1 fully saturated rings. The molecule has 1 aromatic carbocycles. The van der Waals surface area contributed by atoms with Crippen LogP contribution in [0, 0.1) is 5.41 Å². The van der Waals surface area contributed by atoms with Gasteiger partial charge >= 0.3 is 5.97 Å². The molecule has 126 valence electrons. The molecule has 6 nitrogen and oxygen atoms in total. The maximum atomic E-state index is 12.9. The summed E-state index contributed by atoms with van der Waals surface area (Å²) in [5, 5.41) is 13.7. The van der Waals surface area contributed by atoms with Gasteiger partial charge in [-0.25, -0.2) is 4.68 Å². The van der Waals surface area contributed by atoms with Crippen LogP contribution in [-0.2, 0) is 11.2 Å². The molecule has 0 unspecified atom stereocenters. The predicted molar refractivity (Wildman–Crippen MR) is 89.2 cm³/mol. The van der Waals surface area contributed by atoms with Crippen LogP contribution in [0.25, 0.3) is 5.69 Å². The maximum absolute atomic E-state index is 12.9. The molecule has 1 aliphatic heterocycles. The van der Waals surface area contributed by atoms with E-state index in [0.29, 0.717) is 24.9 Å². The Kier molecular flexibility index (Phi) is 4.13. The maximum Gasteiger partial charge on any atom is 0.311 e. The number of likely N-dealkylation sites (tertiary alicyclic amines) is 1. The zero-order chi connectivity index (χ0) is 17.3. The van der Waals surface area contributed by atoms with Gasteiger partial charge < -0.3 is 10.0 Å². The Bertz CT molecular complexity index is 769. The van der Waals surface area contributed by atoms with E-state index in [1.807, 2.05) is 37.3 Å². The molecule has 1 N–H and O–H groups in total. The van der Waals surface area contributed by atoms with E-state index < -0.39 is 11.4 Å². The minimum atomic E-state index is -0.864. The average molecular weight is 327 g/mol. The number of nitrogens with zero attached hydrogens (tertiary/aromatic N) is 3. The minimum Gasteiger partial charge on any atom is -0.481 e. The first kappa shape index (κ1) is 16.2. The van der Waals surface area contributed by atoms with Crippen LogP contribution >= 0.6 is 0 Å². The molecule has 0 bridgehead atoms. The number of benzene rings is 1. The second kappa shape index (κ2) is 6.11. The normalized spacial score (nSPS) is 20.3. The Morgan fingerprint density at radius 1 is 1.29 bits per heavy atom. The quantitative estimate of drug-likeness (QED) is 0.935. The van der Waals surface area contributed by atoms with Crippen LogP contribution < -0.4 is 0 Å². The summed E-state index contributed by atoms with van der Waals surface area (Å²) >= 11 is 0. The number of aliphatic carboxylic acids is 1. The van der Waals surface area contributed by atoms with E-state index in [-0.39, 0.29) is 12.5 Å². The summed E-state index contributed by atoms with van der Waals surface area (Å²) in [5.41, 5.74) is 1.44. The summed E-state index contributed by atoms with van der Waals surface area (Å²) in [6.45, 7) is 4.37. The van der Waals surface area contributed by atoms with Crippen molar-refractivity contribution < 1.29 is 14.7 Å². The number of rotatable bonds is 4. The van der Waals surface area contributed by atoms with Crippen molar-refractivity contribution in [3.8, 4) is 5.69 Å². The Balaban J connectivity index is 1.89. The highest BCUT2D eigenvalue weighted by Gasteiger charge is 2.42. The van der Waals surface area contributed by atoms with E-state index in [1.54, 1.807) is 22.7 Å². The first-order valence-corrected chi connectivity index (χ1v) is 8.11. The van der Waals surface area contributed by atoms with Crippen molar-refractivity contribution in [1.29, 1.82) is 0 Å². The highest BCUT2D eigenvalue weighted by molar-refractivity contribution is 5.96. The molecule has 0 aliphatic carbocycles. The average Bonchev–Trinajstić information content (AvgIpc) is 3.19. The van der Waals surface area contributed by atoms with Crippen molar-refractivity contribution >= 4 is 11.9 Å². The number of carbonyl (C=O) groups is 2. The van der Waals surface area contributed by atoms with E-state index in [1.165, 1.54) is 0 Å². The first-order valence-electron chi connectivity index (χ1n) is 8.11. The van der Waals surface area contributed by atoms with Gasteiger partial charge in [0, 0.05) is 13.1 Å². The van der Waals surface area contributed by atoms with Crippen molar-refractivity contribution in [2.24, 2.45) is 5.41 Å². The smallest absolute Gasteiger partial charge is 0.311 e. The van der Waals surface area contributed by atoms with Gasteiger partial charge in [0.15, 0.2) is 0 Å². The van der Waals surface area contributed by atoms with E-state index in [2.05, 4.69) is 5.10 Å². The van der Waals surface area contributed by atoms with Crippen LogP contribution in [-0.4, -0.2) is 44.8 Å². The fraction of sp³-hybridized carbons (Fsp3) is 0.389. The Hall–Kier alpha value is -2.63. The molecule has 2 aromatic rings. The molecule has 2 heterocycles. The summed E-state index contributed by atoms with van der Waals surface area (Å²) in [6, 6.07) is 9.67. The van der Waals surface area contributed by atoms with Gasteiger partial charge in [-0.2, -0.15) is 5.10 Å². The molecule has 1 atom stereocenters. The monoisotopic (exact) mass is 327 g/mol. The summed E-state index contributed by atoms with van der Waals surface area (Å²) in [4.78, 5) is 25.9. The van der Waals surface area contributed by atoms with Gasteiger partial charge in [0.2, 0.25) is 0 Å². The molecule has 0 radical (unpaired) electrons. The van der Waals surface area contributed by atoms with Gasteiger partial charge in [0.1, 0.15) is 0 Å². The third-order valence-corrected chi connectivity index (χ3v) is 4.71. The van der Waals surface area contributed by atoms with Crippen molar-refractivity contribution in [3.63, 3.8) is 0 Å². The van der Waals surface area contributed by atoms with Crippen molar-refractivity contribution in [2.45, 2.75) is 26.7 Å². The second-order valence-corrected chi connectivity index (χ2v) is 6.45. The number of amides is 1. The molecule has 24 heavy (non-hydrogen) atoms. The number of carbonyl (C=O) groups excluding carboxylic acids is 1. The van der Waals surface area contributed by atoms with E-state index >= 15 is 0 Å². The Morgan fingerprint density at radius 3 is 2.58 bits per heavy atom. The molecule has 0 spiro atoms. The molecule has 1 aromatic heterocycles. The second-order valence-electron chi connectivity index (χ2n) is 6.45. The van der Waals surface area contributed by atoms with Gasteiger partial charge in [-0.1, -0.05) is 25.1 Å². The van der Waals surface area contributed by atoms with E-state index in [0.717, 1.165) is 11.4 Å². The fourth-order valence-corrected chi connectivity index (χ4v) is 3.16. The highest BCUT2D eigenvalue weighted by atomic mass is 16.4. The van der Waals surface area contributed by atoms with Crippen molar-refractivity contribution in [2.75, 3.05) is 13.1 Å². The van der Waals surface area contributed by atoms with Gasteiger partial charge in [0.05, 0.1) is 28.6 Å². The number of hydrogen-bond acceptors (Lipinski definition) is 3. The van der Waals surface area contributed by atoms with Gasteiger partial charge in [-0.3, -0.25) is 9.59 Å². The lowest BCUT2D eigenvalue weighted by atomic mass is 9.90. The molecular formula is C18H21N3O3. The van der Waals surface area contributed by atoms with Crippen LogP contribution in [0.3, 0.4) is 0 Å². The fourth-order valence-electron chi connectivity index (χ4n) is 3.16. The lowest BCUT2D eigenvalue weighted by Crippen LogP contribution is -2.35. The largest absolute Gasteiger partial charge is 0.481 e. The SMILES string of the molecule is CCc1c(C(=O)N2CC[C@](C)(C(=O)O)C2)cnn1-c1ccccc1. The van der Waals surface area contributed by atoms with Gasteiger partial charge in [0.25, 0.3) is 5.91 Å². The summed E-state index contributed by atoms with van der Waals surface area (Å²) in [7, 11) is 0. The van der Waals surface area contributed by atoms with Crippen molar-refractivity contribution in [1.82, 2.24) is 14.7 Å². The summed E-state index contributed by atoms with van der Waals surface area (Å²) < 4.78 is 1.78. The van der Waals surface area contributed by atoms with Crippen LogP contribution in [0.2, 0.25) is 0 Å². The summed E-state index contributed by atoms with van der Waals surface area (Å²) in [6.07, 6.45) is 2.73. The molecule has 1 saturated heterocycles. The standard InChI is InChI=1S/C18H21N3O3/c1-3-15-14(11-19-21(15)13-7-5-4-6-8-13)16(22)20-10-9-18(2,12-20)17(23)24/h4-8,11H,3,9-10,12H2,1-2H3,(H,23,24)/t18-/m0/s1. The molecule has 0 saturated carbocycles. The number of hydrogen-bond donors (Lipinski definition) is 1. The van der Waals surface area contributed by atoms with Gasteiger partial charge in [-0.15, -0.1) is 0 Å². The first-order chi connectivity index (χ1) is 11.5. The van der Waals surface area contributed by atoms with Crippen LogP contribution in [0.1, 0.15) is 36.3 Å². The number of carboxylic acid groups (broad SMARTS) is 1. The molecule has 3 rings (SSSR count). The lowest BCUT2D eigenvalue weighted by molar-refractivity contribution is -0.147. The van der Waals surface area contributed by atoms with Crippen molar-refractivity contribution in [3.05, 3.63) is 47.8 Å². The molecule has 1 aliphatic rings. The minimum absolute atomic E-state index is 0.140. The molecule has 1 amide bonds. The van der Waals surface area contributed by atoms with Gasteiger partial charge in [-0.05, 0) is 31.9 Å². The third-order valence-electron chi connectivity index (χ3n) is 4.71. The molecule has 6 heteroatoms. The van der Waals surface area contributed by atoms with Crippen LogP contribution in [0.4, 0.5) is 0 Å². The zero-order valence-electron chi connectivity index (χ0n) is 13.9. The van der Waals surface area contributed by atoms with Crippen LogP contribution in [0.5, 0.6) is 0 Å². The zero-order valence-corrected chi connectivity index (χ0v) is 13.9. The Morgan fingerprint density at radius 2 is 2.00 bits per heavy atom. The van der Waals surface area contributed by atoms with E-state index in [9.17, 15) is 14.7 Å². The number of carboxylic acids is 1. The summed E-state index contributed by atoms with van der Waals surface area (Å²) in [5.74, 6) is -0.993. The Labute approximate surface area is 140 Å². The topological polar surface area (TPSA) is 75.4 Å². The molecular weight excluding hydrogens is 306 g/mol. The lowest BCUT2D eigenvalue weighted by Gasteiger charge is -2.20. The van der Waals surface area contributed by atoms with Crippen LogP contribution in [0.15, 0.2) is 36.5 Å².